The first-order chi connectivity index (χ1) is 13.8. The lowest BCUT2D eigenvalue weighted by molar-refractivity contribution is 0.121. The maximum atomic E-state index is 5.96. The summed E-state index contributed by atoms with van der Waals surface area (Å²) < 4.78 is 11.4. The van der Waals surface area contributed by atoms with E-state index >= 15 is 0 Å². The molecule has 0 N–H and O–H groups in total. The Morgan fingerprint density at radius 3 is 2.39 bits per heavy atom. The van der Waals surface area contributed by atoms with Crippen LogP contribution in [0.25, 0.3) is 0 Å². The van der Waals surface area contributed by atoms with Crippen molar-refractivity contribution in [2.75, 3.05) is 46.4 Å². The quantitative estimate of drug-likeness (QED) is 0.459. The van der Waals surface area contributed by atoms with Crippen LogP contribution in [-0.2, 0) is 13.0 Å². The summed E-state index contributed by atoms with van der Waals surface area (Å²) in [7, 11) is 1.69. The second-order valence-corrected chi connectivity index (χ2v) is 7.28. The van der Waals surface area contributed by atoms with Gasteiger partial charge in [-0.2, -0.15) is 0 Å². The zero-order valence-corrected chi connectivity index (χ0v) is 17.0. The van der Waals surface area contributed by atoms with Gasteiger partial charge >= 0.3 is 0 Å². The van der Waals surface area contributed by atoms with Crippen molar-refractivity contribution in [3.63, 3.8) is 0 Å². The van der Waals surface area contributed by atoms with Crippen LogP contribution in [0.15, 0.2) is 61.2 Å². The fourth-order valence-corrected chi connectivity index (χ4v) is 3.61. The van der Waals surface area contributed by atoms with E-state index in [4.69, 9.17) is 9.47 Å². The van der Waals surface area contributed by atoms with E-state index in [9.17, 15) is 0 Å². The molecular formula is C24H32N2O2. The second-order valence-electron chi connectivity index (χ2n) is 7.28. The van der Waals surface area contributed by atoms with Gasteiger partial charge in [-0.3, -0.25) is 4.90 Å². The summed E-state index contributed by atoms with van der Waals surface area (Å²) in [5.41, 5.74) is 2.59. The molecule has 1 saturated heterocycles. The predicted octanol–water partition coefficient (Wildman–Crippen LogP) is 4.01. The van der Waals surface area contributed by atoms with Crippen molar-refractivity contribution in [3.05, 3.63) is 72.3 Å². The van der Waals surface area contributed by atoms with Gasteiger partial charge in [0, 0.05) is 39.3 Å². The van der Waals surface area contributed by atoms with E-state index in [1.165, 1.54) is 11.1 Å². The highest BCUT2D eigenvalue weighted by Crippen LogP contribution is 2.28. The van der Waals surface area contributed by atoms with Gasteiger partial charge in [0.15, 0.2) is 11.5 Å². The maximum Gasteiger partial charge on any atom is 0.161 e. The maximum absolute atomic E-state index is 5.96. The van der Waals surface area contributed by atoms with Crippen LogP contribution < -0.4 is 9.47 Å². The number of hydrogen-bond donors (Lipinski definition) is 0. The standard InChI is InChI=1S/C24H32N2O2/c1-3-8-21-11-12-23(24(19-21)27-2)28-18-7-13-25-14-16-26(17-15-25)20-22-9-5-4-6-10-22/h3-6,9-12,19H,1,7-8,13-18,20H2,2H3. The van der Waals surface area contributed by atoms with Crippen molar-refractivity contribution >= 4 is 0 Å². The molecule has 0 amide bonds. The van der Waals surface area contributed by atoms with Crippen LogP contribution in [-0.4, -0.2) is 56.2 Å². The van der Waals surface area contributed by atoms with Crippen molar-refractivity contribution in [1.29, 1.82) is 0 Å². The van der Waals surface area contributed by atoms with Gasteiger partial charge in [0.05, 0.1) is 13.7 Å². The Morgan fingerprint density at radius 1 is 0.929 bits per heavy atom. The van der Waals surface area contributed by atoms with Crippen LogP contribution in [0.1, 0.15) is 17.5 Å². The first-order valence-corrected chi connectivity index (χ1v) is 10.2. The van der Waals surface area contributed by atoms with Crippen LogP contribution in [0, 0.1) is 0 Å². The van der Waals surface area contributed by atoms with E-state index in [0.717, 1.165) is 63.6 Å². The van der Waals surface area contributed by atoms with E-state index in [-0.39, 0.29) is 0 Å². The molecule has 0 atom stereocenters. The smallest absolute Gasteiger partial charge is 0.161 e. The van der Waals surface area contributed by atoms with Crippen molar-refractivity contribution < 1.29 is 9.47 Å². The highest BCUT2D eigenvalue weighted by molar-refractivity contribution is 5.43. The largest absolute Gasteiger partial charge is 0.493 e. The summed E-state index contributed by atoms with van der Waals surface area (Å²) in [6.45, 7) is 11.2. The molecule has 3 rings (SSSR count). The number of allylic oxidation sites excluding steroid dienone is 1. The molecule has 4 nitrogen and oxygen atoms in total. The molecule has 0 radical (unpaired) electrons. The highest BCUT2D eigenvalue weighted by Gasteiger charge is 2.16. The molecule has 0 aromatic heterocycles. The molecule has 0 unspecified atom stereocenters. The lowest BCUT2D eigenvalue weighted by Gasteiger charge is -2.34. The van der Waals surface area contributed by atoms with Gasteiger partial charge < -0.3 is 14.4 Å². The van der Waals surface area contributed by atoms with Crippen LogP contribution in [0.3, 0.4) is 0 Å². The van der Waals surface area contributed by atoms with Gasteiger partial charge in [0.25, 0.3) is 0 Å². The summed E-state index contributed by atoms with van der Waals surface area (Å²) in [5.74, 6) is 1.62. The molecule has 1 fully saturated rings. The van der Waals surface area contributed by atoms with Gasteiger partial charge in [0.2, 0.25) is 0 Å². The third-order valence-electron chi connectivity index (χ3n) is 5.20. The Morgan fingerprint density at radius 2 is 1.68 bits per heavy atom. The number of hydrogen-bond acceptors (Lipinski definition) is 4. The van der Waals surface area contributed by atoms with Crippen molar-refractivity contribution in [2.24, 2.45) is 0 Å². The summed E-state index contributed by atoms with van der Waals surface area (Å²) in [6, 6.07) is 16.8. The lowest BCUT2D eigenvalue weighted by atomic mass is 10.1. The third-order valence-corrected chi connectivity index (χ3v) is 5.20. The number of rotatable bonds is 10. The molecular weight excluding hydrogens is 348 g/mol. The van der Waals surface area contributed by atoms with Gasteiger partial charge in [-0.1, -0.05) is 42.5 Å². The van der Waals surface area contributed by atoms with Crippen molar-refractivity contribution in [2.45, 2.75) is 19.4 Å². The predicted molar refractivity (Wildman–Crippen MR) is 115 cm³/mol. The minimum absolute atomic E-state index is 0.710. The molecule has 4 heteroatoms. The van der Waals surface area contributed by atoms with Gasteiger partial charge in [-0.05, 0) is 36.1 Å². The Bertz CT molecular complexity index is 725. The summed E-state index contributed by atoms with van der Waals surface area (Å²) >= 11 is 0. The molecule has 0 bridgehead atoms. The molecule has 0 aliphatic carbocycles. The van der Waals surface area contributed by atoms with Gasteiger partial charge in [-0.25, -0.2) is 0 Å². The van der Waals surface area contributed by atoms with Crippen LogP contribution in [0.4, 0.5) is 0 Å². The fraction of sp³-hybridized carbons (Fsp3) is 0.417. The first kappa shape index (κ1) is 20.4. The Balaban J connectivity index is 1.35. The minimum atomic E-state index is 0.710. The van der Waals surface area contributed by atoms with E-state index in [2.05, 4.69) is 52.8 Å². The normalized spacial score (nSPS) is 15.3. The minimum Gasteiger partial charge on any atom is -0.493 e. The average molecular weight is 381 g/mol. The second kappa shape index (κ2) is 10.9. The van der Waals surface area contributed by atoms with E-state index in [1.807, 2.05) is 18.2 Å². The first-order valence-electron chi connectivity index (χ1n) is 10.2. The molecule has 2 aromatic rings. The summed E-state index contributed by atoms with van der Waals surface area (Å²) in [6.07, 6.45) is 3.76. The van der Waals surface area contributed by atoms with E-state index in [1.54, 1.807) is 7.11 Å². The zero-order valence-electron chi connectivity index (χ0n) is 17.0. The molecule has 2 aromatic carbocycles. The fourth-order valence-electron chi connectivity index (χ4n) is 3.61. The van der Waals surface area contributed by atoms with E-state index < -0.39 is 0 Å². The molecule has 1 aliphatic heterocycles. The number of benzene rings is 2. The molecule has 0 spiro atoms. The number of methoxy groups -OCH3 is 1. The average Bonchev–Trinajstić information content (AvgIpc) is 2.74. The molecule has 1 heterocycles. The third kappa shape index (κ3) is 6.11. The Kier molecular flexibility index (Phi) is 7.94. The summed E-state index contributed by atoms with van der Waals surface area (Å²) in [4.78, 5) is 5.08. The Labute approximate surface area is 169 Å². The van der Waals surface area contributed by atoms with Gasteiger partial charge in [0.1, 0.15) is 0 Å². The number of ether oxygens (including phenoxy) is 2. The lowest BCUT2D eigenvalue weighted by Crippen LogP contribution is -2.46. The van der Waals surface area contributed by atoms with Gasteiger partial charge in [-0.15, -0.1) is 6.58 Å². The molecule has 28 heavy (non-hydrogen) atoms. The number of nitrogens with zero attached hydrogens (tertiary/aromatic N) is 2. The number of piperazine rings is 1. The van der Waals surface area contributed by atoms with E-state index in [0.29, 0.717) is 6.61 Å². The summed E-state index contributed by atoms with van der Waals surface area (Å²) in [5, 5.41) is 0. The molecule has 1 aliphatic rings. The molecule has 150 valence electrons. The topological polar surface area (TPSA) is 24.9 Å². The van der Waals surface area contributed by atoms with Crippen molar-refractivity contribution in [3.8, 4) is 11.5 Å². The zero-order chi connectivity index (χ0) is 19.6. The Hall–Kier alpha value is -2.30. The molecule has 0 saturated carbocycles. The monoisotopic (exact) mass is 380 g/mol. The van der Waals surface area contributed by atoms with Crippen LogP contribution in [0.5, 0.6) is 11.5 Å². The highest BCUT2D eigenvalue weighted by atomic mass is 16.5. The SMILES string of the molecule is C=CCc1ccc(OCCCN2CCN(Cc3ccccc3)CC2)c(OC)c1. The van der Waals surface area contributed by atoms with Crippen molar-refractivity contribution in [1.82, 2.24) is 9.80 Å². The van der Waals surface area contributed by atoms with Crippen LogP contribution >= 0.6 is 0 Å². The van der Waals surface area contributed by atoms with Crippen LogP contribution in [0.2, 0.25) is 0 Å².